The van der Waals surface area contributed by atoms with Gasteiger partial charge in [-0.2, -0.15) is 0 Å². The van der Waals surface area contributed by atoms with Crippen molar-refractivity contribution in [1.29, 1.82) is 0 Å². The number of nitrogens with two attached hydrogens (primary N) is 1. The standard InChI is InChI=1S/C14H16N2OS/c1-17-10-5-4-9-7-12-14(11(9)8-10)16-13(18-12)3-2-6-15/h4-5,8H,2-3,6-7,15H2,1H3. The molecule has 0 amide bonds. The Morgan fingerprint density at radius 3 is 3.11 bits per heavy atom. The SMILES string of the molecule is COc1ccc2c(c1)-c1nc(CCCN)sc1C2. The molecule has 3 nitrogen and oxygen atoms in total. The predicted octanol–water partition coefficient (Wildman–Crippen LogP) is 2.61. The van der Waals surface area contributed by atoms with Gasteiger partial charge in [0.15, 0.2) is 0 Å². The summed E-state index contributed by atoms with van der Waals surface area (Å²) in [6.45, 7) is 0.731. The van der Waals surface area contributed by atoms with Crippen LogP contribution in [0.25, 0.3) is 11.3 Å². The van der Waals surface area contributed by atoms with Gasteiger partial charge in [0.05, 0.1) is 17.8 Å². The Morgan fingerprint density at radius 2 is 2.33 bits per heavy atom. The second kappa shape index (κ2) is 4.71. The van der Waals surface area contributed by atoms with Crippen LogP contribution in [-0.4, -0.2) is 18.6 Å². The first kappa shape index (κ1) is 11.7. The van der Waals surface area contributed by atoms with Crippen molar-refractivity contribution in [3.8, 4) is 17.0 Å². The minimum Gasteiger partial charge on any atom is -0.497 e. The quantitative estimate of drug-likeness (QED) is 0.784. The monoisotopic (exact) mass is 260 g/mol. The van der Waals surface area contributed by atoms with Crippen LogP contribution >= 0.6 is 11.3 Å². The summed E-state index contributed by atoms with van der Waals surface area (Å²) in [6.07, 6.45) is 3.01. The van der Waals surface area contributed by atoms with Crippen molar-refractivity contribution in [2.24, 2.45) is 5.73 Å². The van der Waals surface area contributed by atoms with E-state index in [0.717, 1.165) is 37.3 Å². The molecule has 0 unspecified atom stereocenters. The van der Waals surface area contributed by atoms with Crippen molar-refractivity contribution in [1.82, 2.24) is 4.98 Å². The van der Waals surface area contributed by atoms with Gasteiger partial charge >= 0.3 is 0 Å². The van der Waals surface area contributed by atoms with Gasteiger partial charge in [0.25, 0.3) is 0 Å². The summed E-state index contributed by atoms with van der Waals surface area (Å²) in [5, 5.41) is 1.21. The molecule has 0 saturated heterocycles. The second-order valence-corrected chi connectivity index (χ2v) is 5.64. The Bertz CT molecular complexity index is 577. The summed E-state index contributed by atoms with van der Waals surface area (Å²) in [5.41, 5.74) is 9.29. The summed E-state index contributed by atoms with van der Waals surface area (Å²) >= 11 is 1.82. The maximum absolute atomic E-state index is 5.54. The number of benzene rings is 1. The van der Waals surface area contributed by atoms with Gasteiger partial charge < -0.3 is 10.5 Å². The van der Waals surface area contributed by atoms with Gasteiger partial charge in [-0.05, 0) is 30.7 Å². The zero-order valence-corrected chi connectivity index (χ0v) is 11.2. The Balaban J connectivity index is 1.95. The molecule has 4 heteroatoms. The molecule has 1 aliphatic carbocycles. The van der Waals surface area contributed by atoms with E-state index in [9.17, 15) is 0 Å². The van der Waals surface area contributed by atoms with E-state index in [-0.39, 0.29) is 0 Å². The summed E-state index contributed by atoms with van der Waals surface area (Å²) < 4.78 is 5.29. The first-order valence-electron chi connectivity index (χ1n) is 6.17. The van der Waals surface area contributed by atoms with Gasteiger partial charge in [-0.3, -0.25) is 0 Å². The van der Waals surface area contributed by atoms with Crippen LogP contribution in [0.15, 0.2) is 18.2 Å². The second-order valence-electron chi connectivity index (χ2n) is 4.47. The Kier molecular flexibility index (Phi) is 3.06. The van der Waals surface area contributed by atoms with Gasteiger partial charge in [-0.25, -0.2) is 4.98 Å². The highest BCUT2D eigenvalue weighted by Gasteiger charge is 2.23. The summed E-state index contributed by atoms with van der Waals surface area (Å²) in [6, 6.07) is 6.25. The van der Waals surface area contributed by atoms with Gasteiger partial charge in [0.1, 0.15) is 5.75 Å². The lowest BCUT2D eigenvalue weighted by atomic mass is 10.1. The molecular formula is C14H16N2OS. The normalized spacial score (nSPS) is 12.3. The summed E-state index contributed by atoms with van der Waals surface area (Å²) in [5.74, 6) is 0.901. The molecule has 0 bridgehead atoms. The van der Waals surface area contributed by atoms with Crippen LogP contribution in [0.3, 0.4) is 0 Å². The van der Waals surface area contributed by atoms with E-state index in [4.69, 9.17) is 15.5 Å². The van der Waals surface area contributed by atoms with Crippen LogP contribution < -0.4 is 10.5 Å². The zero-order valence-electron chi connectivity index (χ0n) is 10.4. The van der Waals surface area contributed by atoms with Gasteiger partial charge in [0.2, 0.25) is 0 Å². The topological polar surface area (TPSA) is 48.1 Å². The Labute approximate surface area is 111 Å². The van der Waals surface area contributed by atoms with Crippen molar-refractivity contribution in [3.05, 3.63) is 33.6 Å². The molecule has 0 atom stereocenters. The largest absolute Gasteiger partial charge is 0.497 e. The highest BCUT2D eigenvalue weighted by molar-refractivity contribution is 7.12. The fraction of sp³-hybridized carbons (Fsp3) is 0.357. The number of hydrogen-bond acceptors (Lipinski definition) is 4. The fourth-order valence-corrected chi connectivity index (χ4v) is 3.47. The van der Waals surface area contributed by atoms with Crippen LogP contribution in [0.2, 0.25) is 0 Å². The minimum absolute atomic E-state index is 0.731. The maximum atomic E-state index is 5.54. The van der Waals surface area contributed by atoms with Crippen LogP contribution in [-0.2, 0) is 12.8 Å². The lowest BCUT2D eigenvalue weighted by Crippen LogP contribution is -2.00. The van der Waals surface area contributed by atoms with E-state index in [2.05, 4.69) is 12.1 Å². The molecule has 0 saturated carbocycles. The predicted molar refractivity (Wildman–Crippen MR) is 74.3 cm³/mol. The van der Waals surface area contributed by atoms with Gasteiger partial charge in [-0.15, -0.1) is 11.3 Å². The molecule has 2 aromatic rings. The molecule has 0 fully saturated rings. The lowest BCUT2D eigenvalue weighted by molar-refractivity contribution is 0.415. The molecule has 18 heavy (non-hydrogen) atoms. The lowest BCUT2D eigenvalue weighted by Gasteiger charge is -2.03. The molecule has 0 radical (unpaired) electrons. The van der Waals surface area contributed by atoms with E-state index < -0.39 is 0 Å². The highest BCUT2D eigenvalue weighted by Crippen LogP contribution is 2.41. The van der Waals surface area contributed by atoms with E-state index in [1.165, 1.54) is 21.0 Å². The molecule has 3 rings (SSSR count). The highest BCUT2D eigenvalue weighted by atomic mass is 32.1. The smallest absolute Gasteiger partial charge is 0.119 e. The van der Waals surface area contributed by atoms with E-state index in [0.29, 0.717) is 0 Å². The van der Waals surface area contributed by atoms with Crippen molar-refractivity contribution in [2.75, 3.05) is 13.7 Å². The molecule has 1 aromatic carbocycles. The zero-order chi connectivity index (χ0) is 12.5. The van der Waals surface area contributed by atoms with Gasteiger partial charge in [0, 0.05) is 23.3 Å². The number of ether oxygens (including phenoxy) is 1. The molecule has 1 heterocycles. The van der Waals surface area contributed by atoms with E-state index in [1.54, 1.807) is 7.11 Å². The van der Waals surface area contributed by atoms with Crippen molar-refractivity contribution < 1.29 is 4.74 Å². The van der Waals surface area contributed by atoms with Gasteiger partial charge in [-0.1, -0.05) is 6.07 Å². The molecular weight excluding hydrogens is 244 g/mol. The van der Waals surface area contributed by atoms with Crippen molar-refractivity contribution >= 4 is 11.3 Å². The number of fused-ring (bicyclic) bond motifs is 3. The number of hydrogen-bond donors (Lipinski definition) is 1. The number of methoxy groups -OCH3 is 1. The molecule has 1 aliphatic rings. The number of aryl methyl sites for hydroxylation is 1. The molecule has 94 valence electrons. The van der Waals surface area contributed by atoms with Crippen molar-refractivity contribution in [3.63, 3.8) is 0 Å². The third-order valence-corrected chi connectivity index (χ3v) is 4.37. The average molecular weight is 260 g/mol. The molecule has 0 spiro atoms. The maximum Gasteiger partial charge on any atom is 0.119 e. The number of thiazole rings is 1. The average Bonchev–Trinajstić information content (AvgIpc) is 2.92. The molecule has 0 aliphatic heterocycles. The molecule has 1 aromatic heterocycles. The first-order chi connectivity index (χ1) is 8.81. The van der Waals surface area contributed by atoms with Crippen LogP contribution in [0.4, 0.5) is 0 Å². The van der Waals surface area contributed by atoms with E-state index >= 15 is 0 Å². The van der Waals surface area contributed by atoms with E-state index in [1.807, 2.05) is 17.4 Å². The summed E-state index contributed by atoms with van der Waals surface area (Å²) in [4.78, 5) is 6.13. The number of nitrogens with zero attached hydrogens (tertiary/aromatic N) is 1. The number of aromatic nitrogens is 1. The summed E-state index contributed by atoms with van der Waals surface area (Å²) in [7, 11) is 1.70. The van der Waals surface area contributed by atoms with Crippen LogP contribution in [0.1, 0.15) is 21.9 Å². The number of rotatable bonds is 4. The first-order valence-corrected chi connectivity index (χ1v) is 6.99. The Morgan fingerprint density at radius 1 is 1.44 bits per heavy atom. The van der Waals surface area contributed by atoms with Crippen LogP contribution in [0.5, 0.6) is 5.75 Å². The third kappa shape index (κ3) is 1.91. The third-order valence-electron chi connectivity index (χ3n) is 3.26. The van der Waals surface area contributed by atoms with Crippen LogP contribution in [0, 0.1) is 0 Å². The minimum atomic E-state index is 0.731. The molecule has 2 N–H and O–H groups in total. The van der Waals surface area contributed by atoms with Crippen molar-refractivity contribution in [2.45, 2.75) is 19.3 Å². The Hall–Kier alpha value is -1.39. The fourth-order valence-electron chi connectivity index (χ4n) is 2.32.